The van der Waals surface area contributed by atoms with Gasteiger partial charge in [0.25, 0.3) is 0 Å². The van der Waals surface area contributed by atoms with Gasteiger partial charge >= 0.3 is 11.8 Å². The highest BCUT2D eigenvalue weighted by Gasteiger charge is 2.17. The molecule has 0 fully saturated rings. The molecule has 3 aromatic carbocycles. The molecule has 0 saturated carbocycles. The maximum absolute atomic E-state index is 13.2. The lowest BCUT2D eigenvalue weighted by molar-refractivity contribution is -0.133. The van der Waals surface area contributed by atoms with Crippen molar-refractivity contribution in [2.45, 2.75) is 0 Å². The van der Waals surface area contributed by atoms with Gasteiger partial charge < -0.3 is 15.4 Å². The van der Waals surface area contributed by atoms with E-state index in [9.17, 15) is 18.4 Å². The number of halogens is 2. The molecule has 0 aliphatic heterocycles. The highest BCUT2D eigenvalue weighted by Crippen LogP contribution is 2.29. The second kappa shape index (κ2) is 8.09. The second-order valence-electron chi connectivity index (χ2n) is 5.45. The van der Waals surface area contributed by atoms with E-state index < -0.39 is 23.4 Å². The van der Waals surface area contributed by atoms with E-state index in [1.165, 1.54) is 0 Å². The molecule has 136 valence electrons. The number of ether oxygens (including phenoxy) is 1. The van der Waals surface area contributed by atoms with E-state index in [1.54, 1.807) is 48.5 Å². The van der Waals surface area contributed by atoms with E-state index in [1.807, 2.05) is 6.07 Å². The van der Waals surface area contributed by atoms with Gasteiger partial charge in [-0.1, -0.05) is 30.3 Å². The number of para-hydroxylation sites is 3. The Morgan fingerprint density at radius 3 is 2.15 bits per heavy atom. The smallest absolute Gasteiger partial charge is 0.314 e. The summed E-state index contributed by atoms with van der Waals surface area (Å²) in [5.41, 5.74) is 0.245. The quantitative estimate of drug-likeness (QED) is 0.674. The van der Waals surface area contributed by atoms with Crippen molar-refractivity contribution in [3.63, 3.8) is 0 Å². The molecule has 2 N–H and O–H groups in total. The van der Waals surface area contributed by atoms with Crippen molar-refractivity contribution in [2.75, 3.05) is 10.6 Å². The van der Waals surface area contributed by atoms with Gasteiger partial charge in [-0.25, -0.2) is 8.78 Å². The van der Waals surface area contributed by atoms with E-state index in [2.05, 4.69) is 10.6 Å². The molecule has 2 amide bonds. The van der Waals surface area contributed by atoms with Crippen LogP contribution in [0.4, 0.5) is 20.2 Å². The van der Waals surface area contributed by atoms with Crippen molar-refractivity contribution in [3.8, 4) is 11.5 Å². The Labute approximate surface area is 153 Å². The second-order valence-corrected chi connectivity index (χ2v) is 5.45. The number of carbonyl (C=O) groups is 2. The first-order valence-corrected chi connectivity index (χ1v) is 7.92. The number of carbonyl (C=O) groups excluding carboxylic acids is 2. The highest BCUT2D eigenvalue weighted by molar-refractivity contribution is 6.43. The fraction of sp³-hybridized carbons (Fsp3) is 0. The average molecular weight is 368 g/mol. The standard InChI is InChI=1S/C20H14F2N2O3/c21-15-11-10-13(12-16(15)22)23-19(25)20(26)24-17-8-4-5-9-18(17)27-14-6-2-1-3-7-14/h1-12H,(H,23,25)(H,24,26). The largest absolute Gasteiger partial charge is 0.455 e. The Hall–Kier alpha value is -3.74. The summed E-state index contributed by atoms with van der Waals surface area (Å²) in [7, 11) is 0. The summed E-state index contributed by atoms with van der Waals surface area (Å²) in [6.07, 6.45) is 0. The maximum atomic E-state index is 13.2. The van der Waals surface area contributed by atoms with Gasteiger partial charge in [-0.2, -0.15) is 0 Å². The van der Waals surface area contributed by atoms with E-state index in [0.29, 0.717) is 11.5 Å². The molecular weight excluding hydrogens is 354 g/mol. The van der Waals surface area contributed by atoms with Gasteiger partial charge in [-0.3, -0.25) is 9.59 Å². The van der Waals surface area contributed by atoms with Gasteiger partial charge in [0.15, 0.2) is 17.4 Å². The lowest BCUT2D eigenvalue weighted by atomic mass is 10.2. The fourth-order valence-corrected chi connectivity index (χ4v) is 2.22. The molecule has 7 heteroatoms. The first-order valence-electron chi connectivity index (χ1n) is 7.92. The molecule has 0 aliphatic carbocycles. The normalized spacial score (nSPS) is 10.1. The summed E-state index contributed by atoms with van der Waals surface area (Å²) >= 11 is 0. The van der Waals surface area contributed by atoms with Crippen LogP contribution < -0.4 is 15.4 Å². The van der Waals surface area contributed by atoms with Crippen molar-refractivity contribution in [1.29, 1.82) is 0 Å². The van der Waals surface area contributed by atoms with Crippen molar-refractivity contribution in [1.82, 2.24) is 0 Å². The Morgan fingerprint density at radius 1 is 0.741 bits per heavy atom. The van der Waals surface area contributed by atoms with E-state index in [0.717, 1.165) is 18.2 Å². The summed E-state index contributed by atoms with van der Waals surface area (Å²) in [5, 5.41) is 4.63. The topological polar surface area (TPSA) is 67.4 Å². The molecule has 0 atom stereocenters. The molecule has 27 heavy (non-hydrogen) atoms. The first-order chi connectivity index (χ1) is 13.0. The monoisotopic (exact) mass is 368 g/mol. The lowest BCUT2D eigenvalue weighted by Gasteiger charge is -2.12. The molecule has 0 bridgehead atoms. The SMILES string of the molecule is O=C(Nc1ccc(F)c(F)c1)C(=O)Nc1ccccc1Oc1ccccc1. The maximum Gasteiger partial charge on any atom is 0.314 e. The van der Waals surface area contributed by atoms with Crippen molar-refractivity contribution < 1.29 is 23.1 Å². The van der Waals surface area contributed by atoms with E-state index in [4.69, 9.17) is 4.74 Å². The summed E-state index contributed by atoms with van der Waals surface area (Å²) < 4.78 is 31.8. The first kappa shape index (κ1) is 18.1. The third-order valence-electron chi connectivity index (χ3n) is 3.49. The van der Waals surface area contributed by atoms with Crippen LogP contribution in [0, 0.1) is 11.6 Å². The third-order valence-corrected chi connectivity index (χ3v) is 3.49. The Kier molecular flexibility index (Phi) is 5.41. The van der Waals surface area contributed by atoms with Gasteiger partial charge in [0.2, 0.25) is 0 Å². The number of anilines is 2. The van der Waals surface area contributed by atoms with Crippen molar-refractivity contribution >= 4 is 23.2 Å². The van der Waals surface area contributed by atoms with Crippen LogP contribution in [0.25, 0.3) is 0 Å². The molecule has 0 saturated heterocycles. The van der Waals surface area contributed by atoms with Crippen LogP contribution in [0.5, 0.6) is 11.5 Å². The van der Waals surface area contributed by atoms with Crippen molar-refractivity contribution in [3.05, 3.63) is 84.4 Å². The lowest BCUT2D eigenvalue weighted by Crippen LogP contribution is -2.29. The van der Waals surface area contributed by atoms with Crippen LogP contribution in [0.2, 0.25) is 0 Å². The summed E-state index contributed by atoms with van der Waals surface area (Å²) in [4.78, 5) is 24.1. The van der Waals surface area contributed by atoms with Crippen LogP contribution in [-0.4, -0.2) is 11.8 Å². The number of rotatable bonds is 4. The van der Waals surface area contributed by atoms with Gasteiger partial charge in [0.1, 0.15) is 5.75 Å². The fourth-order valence-electron chi connectivity index (χ4n) is 2.22. The summed E-state index contributed by atoms with van der Waals surface area (Å²) in [5.74, 6) is -3.29. The average Bonchev–Trinajstić information content (AvgIpc) is 2.67. The summed E-state index contributed by atoms with van der Waals surface area (Å²) in [6, 6.07) is 18.3. The van der Waals surface area contributed by atoms with Gasteiger partial charge in [-0.15, -0.1) is 0 Å². The Balaban J connectivity index is 1.70. The minimum Gasteiger partial charge on any atom is -0.455 e. The van der Waals surface area contributed by atoms with E-state index in [-0.39, 0.29) is 11.4 Å². The minimum atomic E-state index is -1.13. The molecule has 5 nitrogen and oxygen atoms in total. The zero-order chi connectivity index (χ0) is 19.2. The van der Waals surface area contributed by atoms with Gasteiger partial charge in [0, 0.05) is 11.8 Å². The highest BCUT2D eigenvalue weighted by atomic mass is 19.2. The Morgan fingerprint density at radius 2 is 1.41 bits per heavy atom. The number of amides is 2. The molecular formula is C20H14F2N2O3. The predicted octanol–water partition coefficient (Wildman–Crippen LogP) is 4.33. The van der Waals surface area contributed by atoms with Crippen LogP contribution in [-0.2, 0) is 9.59 Å². The number of benzene rings is 3. The third kappa shape index (κ3) is 4.66. The molecule has 3 aromatic rings. The molecule has 0 aliphatic rings. The number of hydrogen-bond acceptors (Lipinski definition) is 3. The number of hydrogen-bond donors (Lipinski definition) is 2. The molecule has 3 rings (SSSR count). The van der Waals surface area contributed by atoms with E-state index >= 15 is 0 Å². The van der Waals surface area contributed by atoms with Crippen LogP contribution in [0.1, 0.15) is 0 Å². The molecule has 0 heterocycles. The van der Waals surface area contributed by atoms with Crippen LogP contribution >= 0.6 is 0 Å². The van der Waals surface area contributed by atoms with Crippen LogP contribution in [0.3, 0.4) is 0 Å². The van der Waals surface area contributed by atoms with Crippen molar-refractivity contribution in [2.24, 2.45) is 0 Å². The summed E-state index contributed by atoms with van der Waals surface area (Å²) in [6.45, 7) is 0. The molecule has 0 unspecified atom stereocenters. The van der Waals surface area contributed by atoms with Gasteiger partial charge in [0.05, 0.1) is 5.69 Å². The van der Waals surface area contributed by atoms with Crippen LogP contribution in [0.15, 0.2) is 72.8 Å². The predicted molar refractivity (Wildman–Crippen MR) is 96.6 cm³/mol. The number of nitrogens with one attached hydrogen (secondary N) is 2. The molecule has 0 radical (unpaired) electrons. The zero-order valence-corrected chi connectivity index (χ0v) is 13.9. The Bertz CT molecular complexity index is 978. The minimum absolute atomic E-state index is 0.0390. The molecule has 0 aromatic heterocycles. The molecule has 0 spiro atoms. The van der Waals surface area contributed by atoms with Gasteiger partial charge in [-0.05, 0) is 36.4 Å². The zero-order valence-electron chi connectivity index (χ0n) is 13.9.